The smallest absolute Gasteiger partial charge is 0.260 e. The molecule has 0 atom stereocenters. The summed E-state index contributed by atoms with van der Waals surface area (Å²) < 4.78 is 5.13. The number of nitrogens with two attached hydrogens (primary N) is 1. The third-order valence-corrected chi connectivity index (χ3v) is 3.51. The quantitative estimate of drug-likeness (QED) is 0.798. The number of nitrogens with one attached hydrogen (secondary N) is 1. The van der Waals surface area contributed by atoms with Crippen LogP contribution in [0, 0.1) is 0 Å². The monoisotopic (exact) mass is 274 g/mol. The lowest BCUT2D eigenvalue weighted by atomic mass is 10.2. The van der Waals surface area contributed by atoms with E-state index in [2.05, 4.69) is 14.9 Å². The number of H-pyrrole nitrogens is 1. The summed E-state index contributed by atoms with van der Waals surface area (Å²) in [6.07, 6.45) is 2.26. The van der Waals surface area contributed by atoms with Crippen LogP contribution in [0.2, 0.25) is 0 Å². The highest BCUT2D eigenvalue weighted by Crippen LogP contribution is 2.29. The van der Waals surface area contributed by atoms with Crippen LogP contribution in [0.1, 0.15) is 12.8 Å². The summed E-state index contributed by atoms with van der Waals surface area (Å²) in [6.45, 7) is 1.34. The van der Waals surface area contributed by atoms with Gasteiger partial charge in [0, 0.05) is 25.4 Å². The number of methoxy groups -OCH3 is 1. The van der Waals surface area contributed by atoms with E-state index in [0.29, 0.717) is 35.2 Å². The number of aromatic nitrogens is 2. The molecule has 0 amide bonds. The molecule has 0 saturated heterocycles. The Balaban J connectivity index is 2.02. The molecule has 1 fully saturated rings. The maximum Gasteiger partial charge on any atom is 0.260 e. The maximum atomic E-state index is 12.2. The van der Waals surface area contributed by atoms with Crippen molar-refractivity contribution in [2.45, 2.75) is 18.9 Å². The topological polar surface area (TPSA) is 84.2 Å². The molecule has 2 aromatic rings. The van der Waals surface area contributed by atoms with Crippen LogP contribution in [0.25, 0.3) is 10.9 Å². The van der Waals surface area contributed by atoms with Crippen LogP contribution in [0.15, 0.2) is 23.0 Å². The van der Waals surface area contributed by atoms with E-state index < -0.39 is 0 Å². The number of fused-ring (bicyclic) bond motifs is 1. The second-order valence-electron chi connectivity index (χ2n) is 5.08. The number of nitrogens with zero attached hydrogens (tertiary/aromatic N) is 2. The molecular weight excluding hydrogens is 256 g/mol. The van der Waals surface area contributed by atoms with Crippen molar-refractivity contribution < 1.29 is 4.74 Å². The van der Waals surface area contributed by atoms with E-state index in [9.17, 15) is 4.79 Å². The van der Waals surface area contributed by atoms with Crippen molar-refractivity contribution >= 4 is 22.5 Å². The Labute approximate surface area is 116 Å². The molecule has 3 N–H and O–H groups in total. The fourth-order valence-electron chi connectivity index (χ4n) is 2.32. The molecule has 1 aliphatic rings. The van der Waals surface area contributed by atoms with Gasteiger partial charge in [-0.25, -0.2) is 4.98 Å². The average molecular weight is 274 g/mol. The molecule has 0 bridgehead atoms. The van der Waals surface area contributed by atoms with Gasteiger partial charge in [-0.2, -0.15) is 0 Å². The van der Waals surface area contributed by atoms with E-state index in [-0.39, 0.29) is 5.56 Å². The molecule has 0 radical (unpaired) electrons. The van der Waals surface area contributed by atoms with Gasteiger partial charge in [-0.05, 0) is 31.0 Å². The normalized spacial score (nSPS) is 14.7. The van der Waals surface area contributed by atoms with E-state index in [0.717, 1.165) is 19.4 Å². The first-order chi connectivity index (χ1) is 9.69. The molecule has 0 spiro atoms. The number of aromatic amines is 1. The molecule has 1 aromatic carbocycles. The van der Waals surface area contributed by atoms with E-state index in [1.807, 2.05) is 0 Å². The first-order valence-electron chi connectivity index (χ1n) is 6.74. The third kappa shape index (κ3) is 2.46. The van der Waals surface area contributed by atoms with Gasteiger partial charge in [0.1, 0.15) is 0 Å². The fourth-order valence-corrected chi connectivity index (χ4v) is 2.32. The third-order valence-electron chi connectivity index (χ3n) is 3.51. The Morgan fingerprint density at radius 1 is 1.50 bits per heavy atom. The summed E-state index contributed by atoms with van der Waals surface area (Å²) in [5, 5.41) is 0.524. The van der Waals surface area contributed by atoms with Crippen molar-refractivity contribution in [3.63, 3.8) is 0 Å². The molecule has 1 heterocycles. The minimum Gasteiger partial charge on any atom is -0.399 e. The number of hydrogen-bond acceptors (Lipinski definition) is 5. The Hall–Kier alpha value is -2.08. The summed E-state index contributed by atoms with van der Waals surface area (Å²) >= 11 is 0. The van der Waals surface area contributed by atoms with E-state index in [1.54, 1.807) is 25.3 Å². The van der Waals surface area contributed by atoms with Crippen LogP contribution < -0.4 is 16.2 Å². The second kappa shape index (κ2) is 5.13. The van der Waals surface area contributed by atoms with Gasteiger partial charge in [-0.15, -0.1) is 0 Å². The Bertz CT molecular complexity index is 678. The first kappa shape index (κ1) is 12.9. The number of nitrogen functional groups attached to an aromatic ring is 1. The predicted molar refractivity (Wildman–Crippen MR) is 79.0 cm³/mol. The van der Waals surface area contributed by atoms with Gasteiger partial charge in [-0.1, -0.05) is 0 Å². The maximum absolute atomic E-state index is 12.2. The van der Waals surface area contributed by atoms with Gasteiger partial charge in [0.25, 0.3) is 5.56 Å². The number of benzene rings is 1. The van der Waals surface area contributed by atoms with Crippen molar-refractivity contribution in [2.24, 2.45) is 0 Å². The van der Waals surface area contributed by atoms with E-state index in [4.69, 9.17) is 10.5 Å². The summed E-state index contributed by atoms with van der Waals surface area (Å²) in [7, 11) is 1.67. The standard InChI is InChI=1S/C14H18N4O2/c1-20-7-6-18(10-3-4-10)14-16-12-5-2-9(15)8-11(12)13(19)17-14/h2,5,8,10H,3-4,6-7,15H2,1H3,(H,16,17,19). The van der Waals surface area contributed by atoms with Crippen LogP contribution in [0.5, 0.6) is 0 Å². The van der Waals surface area contributed by atoms with Gasteiger partial charge < -0.3 is 15.4 Å². The van der Waals surface area contributed by atoms with Crippen LogP contribution in [0.3, 0.4) is 0 Å². The van der Waals surface area contributed by atoms with Crippen molar-refractivity contribution in [3.05, 3.63) is 28.6 Å². The van der Waals surface area contributed by atoms with Crippen molar-refractivity contribution in [1.29, 1.82) is 0 Å². The minimum absolute atomic E-state index is 0.152. The molecule has 1 saturated carbocycles. The molecule has 0 aliphatic heterocycles. The number of anilines is 2. The summed E-state index contributed by atoms with van der Waals surface area (Å²) in [6, 6.07) is 5.65. The van der Waals surface area contributed by atoms with E-state index >= 15 is 0 Å². The van der Waals surface area contributed by atoms with Crippen molar-refractivity contribution in [1.82, 2.24) is 9.97 Å². The molecule has 3 rings (SSSR count). The van der Waals surface area contributed by atoms with Crippen LogP contribution >= 0.6 is 0 Å². The molecule has 6 heteroatoms. The first-order valence-corrected chi connectivity index (χ1v) is 6.74. The molecule has 6 nitrogen and oxygen atoms in total. The summed E-state index contributed by atoms with van der Waals surface area (Å²) in [4.78, 5) is 21.7. The SMILES string of the molecule is COCCN(c1nc2ccc(N)cc2c(=O)[nH]1)C1CC1. The van der Waals surface area contributed by atoms with Crippen LogP contribution in [-0.2, 0) is 4.74 Å². The molecule has 20 heavy (non-hydrogen) atoms. The largest absolute Gasteiger partial charge is 0.399 e. The Kier molecular flexibility index (Phi) is 3.31. The van der Waals surface area contributed by atoms with Gasteiger partial charge >= 0.3 is 0 Å². The number of rotatable bonds is 5. The lowest BCUT2D eigenvalue weighted by Crippen LogP contribution is -2.32. The second-order valence-corrected chi connectivity index (χ2v) is 5.08. The Morgan fingerprint density at radius 3 is 3.00 bits per heavy atom. The molecule has 1 aliphatic carbocycles. The average Bonchev–Trinajstić information content (AvgIpc) is 3.25. The molecule has 106 valence electrons. The van der Waals surface area contributed by atoms with Gasteiger partial charge in [0.05, 0.1) is 17.5 Å². The summed E-state index contributed by atoms with van der Waals surface area (Å²) in [5.41, 5.74) is 6.79. The lowest BCUT2D eigenvalue weighted by Gasteiger charge is -2.22. The van der Waals surface area contributed by atoms with Crippen molar-refractivity contribution in [3.8, 4) is 0 Å². The van der Waals surface area contributed by atoms with Crippen LogP contribution in [-0.4, -0.2) is 36.3 Å². The zero-order chi connectivity index (χ0) is 14.1. The number of ether oxygens (including phenoxy) is 1. The zero-order valence-electron chi connectivity index (χ0n) is 11.4. The highest BCUT2D eigenvalue weighted by atomic mass is 16.5. The van der Waals surface area contributed by atoms with Gasteiger partial charge in [-0.3, -0.25) is 9.78 Å². The van der Waals surface area contributed by atoms with E-state index in [1.165, 1.54) is 0 Å². The minimum atomic E-state index is -0.152. The highest BCUT2D eigenvalue weighted by molar-refractivity contribution is 5.81. The molecule has 0 unspecified atom stereocenters. The van der Waals surface area contributed by atoms with Gasteiger partial charge in [0.2, 0.25) is 5.95 Å². The number of hydrogen-bond donors (Lipinski definition) is 2. The van der Waals surface area contributed by atoms with Crippen LogP contribution in [0.4, 0.5) is 11.6 Å². The lowest BCUT2D eigenvalue weighted by molar-refractivity contribution is 0.204. The predicted octanol–water partition coefficient (Wildman–Crippen LogP) is 1.12. The van der Waals surface area contributed by atoms with Gasteiger partial charge in [0.15, 0.2) is 0 Å². The Morgan fingerprint density at radius 2 is 2.30 bits per heavy atom. The highest BCUT2D eigenvalue weighted by Gasteiger charge is 2.30. The summed E-state index contributed by atoms with van der Waals surface area (Å²) in [5.74, 6) is 0.617. The zero-order valence-corrected chi connectivity index (χ0v) is 11.4. The van der Waals surface area contributed by atoms with Crippen molar-refractivity contribution in [2.75, 3.05) is 30.9 Å². The molecule has 1 aromatic heterocycles. The molecular formula is C14H18N4O2. The fraction of sp³-hybridized carbons (Fsp3) is 0.429.